The molecule has 0 unspecified atom stereocenters. The van der Waals surface area contributed by atoms with Crippen LogP contribution < -0.4 is 113 Å². The number of carbonyl (C=O) groups is 1. The number of hydrogen-bond acceptors (Lipinski definition) is 13. The summed E-state index contributed by atoms with van der Waals surface area (Å²) in [6.45, 7) is 16.4. The minimum absolute atomic E-state index is 0. The number of phenolic OH excluding ortho intramolecular Hbond substituents is 1. The molecule has 0 radical (unpaired) electrons. The molecule has 6 rings (SSSR count). The molecule has 0 atom stereocenters. The van der Waals surface area contributed by atoms with Gasteiger partial charge < -0.3 is 40.0 Å². The molecule has 20 heteroatoms. The Morgan fingerprint density at radius 3 is 1.07 bits per heavy atom. The van der Waals surface area contributed by atoms with Gasteiger partial charge in [-0.05, 0) is 98.5 Å². The van der Waals surface area contributed by atoms with E-state index in [9.17, 15) is 5.11 Å². The molecule has 374 valence electrons. The van der Waals surface area contributed by atoms with E-state index in [4.69, 9.17) is 57.1 Å². The Balaban J connectivity index is -0.000000941. The van der Waals surface area contributed by atoms with Crippen molar-refractivity contribution < 1.29 is 164 Å². The third-order valence-electron chi connectivity index (χ3n) is 8.20. The summed E-state index contributed by atoms with van der Waals surface area (Å²) in [4.78, 5) is 19.0. The van der Waals surface area contributed by atoms with Gasteiger partial charge in [0.2, 0.25) is 0 Å². The van der Waals surface area contributed by atoms with Gasteiger partial charge in [0.05, 0.1) is 60.4 Å². The molecule has 0 bridgehead atoms. The van der Waals surface area contributed by atoms with E-state index in [2.05, 4.69) is 170 Å². The summed E-state index contributed by atoms with van der Waals surface area (Å²) >= 11 is 5.21. The number of alkyl halides is 1. The normalized spacial score (nSPS) is 9.97. The van der Waals surface area contributed by atoms with Crippen molar-refractivity contribution >= 4 is 60.1 Å². The van der Waals surface area contributed by atoms with Crippen LogP contribution in [0.4, 0.5) is 0 Å². The number of aromatic hydroxyl groups is 1. The maximum atomic E-state index is 10.1. The second-order valence-corrected chi connectivity index (χ2v) is 21.1. The number of aryl methyl sites for hydroxylation is 4. The van der Waals surface area contributed by atoms with Crippen molar-refractivity contribution in [3.63, 3.8) is 0 Å². The molecule has 6 aromatic rings. The second kappa shape index (κ2) is 39.9. The number of rotatable bonds is 15. The summed E-state index contributed by atoms with van der Waals surface area (Å²) < 4.78 is 70.2. The topological polar surface area (TPSA) is 212 Å². The van der Waals surface area contributed by atoms with E-state index in [0.29, 0.717) is 44.0 Å². The van der Waals surface area contributed by atoms with Gasteiger partial charge in [0.1, 0.15) is 31.3 Å². The van der Waals surface area contributed by atoms with E-state index >= 15 is 0 Å². The SMILES string of the molecule is C=COCCCl.C=COCCOc1c(C)cc([S+](c2ccccc2)c2ccccc2)cc1C.CS(=O)(=O)[O-].CS(=O)(=O)[O-].Cc1cc([S+](c2ccccc2)c2ccccc2)cc(C)c1O.O=CO[O-].[H-].[K+].[K+]. The van der Waals surface area contributed by atoms with E-state index in [1.165, 1.54) is 41.9 Å². The zero-order valence-corrected chi connectivity index (χ0v) is 51.5. The molecular formula is C51H59ClK2O13S4. The molecule has 0 heterocycles. The average molecular weight is 1120 g/mol. The monoisotopic (exact) mass is 1120 g/mol. The molecule has 0 aliphatic heterocycles. The van der Waals surface area contributed by atoms with Gasteiger partial charge in [-0.25, -0.2) is 16.8 Å². The summed E-state index contributed by atoms with van der Waals surface area (Å²) in [6, 6.07) is 51.2. The Morgan fingerprint density at radius 1 is 0.563 bits per heavy atom. The molecule has 6 aromatic carbocycles. The molecule has 0 aliphatic carbocycles. The average Bonchev–Trinajstić information content (AvgIpc) is 3.30. The van der Waals surface area contributed by atoms with Crippen molar-refractivity contribution in [1.29, 1.82) is 0 Å². The van der Waals surface area contributed by atoms with E-state index in [0.717, 1.165) is 28.0 Å². The van der Waals surface area contributed by atoms with Crippen molar-refractivity contribution in [2.24, 2.45) is 0 Å². The van der Waals surface area contributed by atoms with Gasteiger partial charge in [-0.3, -0.25) is 4.79 Å². The molecule has 71 heavy (non-hydrogen) atoms. The fourth-order valence-electron chi connectivity index (χ4n) is 5.74. The molecule has 1 N–H and O–H groups in total. The third kappa shape index (κ3) is 31.8. The van der Waals surface area contributed by atoms with Gasteiger partial charge in [-0.15, -0.1) is 11.6 Å². The Hall–Kier alpha value is -2.49. The van der Waals surface area contributed by atoms with Crippen LogP contribution in [0.5, 0.6) is 11.5 Å². The van der Waals surface area contributed by atoms with E-state index in [1.54, 1.807) is 0 Å². The predicted octanol–water partition coefficient (Wildman–Crippen LogP) is 3.31. The van der Waals surface area contributed by atoms with Gasteiger partial charge in [0, 0.05) is 36.8 Å². The maximum absolute atomic E-state index is 10.1. The molecule has 0 aliphatic rings. The minimum Gasteiger partial charge on any atom is -1.00 e. The van der Waals surface area contributed by atoms with Crippen molar-refractivity contribution in [2.45, 2.75) is 57.1 Å². The van der Waals surface area contributed by atoms with Crippen LogP contribution in [0.2, 0.25) is 0 Å². The first-order valence-electron chi connectivity index (χ1n) is 20.5. The summed E-state index contributed by atoms with van der Waals surface area (Å²) in [5.74, 6) is 1.87. The number of halogens is 1. The van der Waals surface area contributed by atoms with Crippen LogP contribution >= 0.6 is 11.6 Å². The van der Waals surface area contributed by atoms with Crippen LogP contribution in [0.15, 0.2) is 201 Å². The van der Waals surface area contributed by atoms with Gasteiger partial charge >= 0.3 is 103 Å². The van der Waals surface area contributed by atoms with Crippen LogP contribution in [0.25, 0.3) is 0 Å². The van der Waals surface area contributed by atoms with Crippen molar-refractivity contribution in [3.05, 3.63) is 194 Å². The first-order chi connectivity index (χ1) is 32.7. The molecule has 0 amide bonds. The Labute approximate surface area is 517 Å². The molecule has 13 nitrogen and oxygen atoms in total. The zero-order chi connectivity index (χ0) is 51.8. The van der Waals surface area contributed by atoms with Crippen LogP contribution in [0, 0.1) is 27.7 Å². The van der Waals surface area contributed by atoms with Gasteiger partial charge in [-0.2, -0.15) is 0 Å². The van der Waals surface area contributed by atoms with Gasteiger partial charge in [0.15, 0.2) is 29.4 Å². The molecule has 0 saturated carbocycles. The Morgan fingerprint density at radius 2 is 0.831 bits per heavy atom. The molecule has 0 fully saturated rings. The number of carbonyl (C=O) groups excluding carboxylic acids is 1. The number of hydrogen-bond donors (Lipinski definition) is 1. The van der Waals surface area contributed by atoms with Gasteiger partial charge in [-0.1, -0.05) is 86.0 Å². The standard InChI is InChI=1S/C24H25O2S.C20H18OS.C4H7ClO.2CH4O3S.CH2O3.2K.H/c1-4-25-15-16-26-24-19(2)17-23(18-20(24)3)27(21-11-7-5-8-12-21)22-13-9-6-10-14-22;1-15-13-19(14-16(2)20(15)21)22(17-9-5-3-6-10-17)18-11-7-4-8-12-18;1-2-6-4-3-5;2*1-5(2,3)4;2-1-4-3;;;/h4-14,17-18H,1,15-16H2,2-3H3;3-14H,1-2H3;2H,1,3-4H2;2*1H3,(H,2,3,4);1,3H;;;/q+1;;;;;;2*+1;-1/p-2. The maximum Gasteiger partial charge on any atom is 1.00 e. The summed E-state index contributed by atoms with van der Waals surface area (Å²) in [6.07, 6.45) is 4.03. The van der Waals surface area contributed by atoms with Crippen LogP contribution in [0.1, 0.15) is 23.7 Å². The van der Waals surface area contributed by atoms with Crippen molar-refractivity contribution in [1.82, 2.24) is 0 Å². The molecule has 0 aromatic heterocycles. The van der Waals surface area contributed by atoms with Crippen molar-refractivity contribution in [2.75, 3.05) is 38.2 Å². The Kier molecular flexibility index (Phi) is 39.7. The van der Waals surface area contributed by atoms with Crippen LogP contribution in [-0.2, 0) is 61.2 Å². The summed E-state index contributed by atoms with van der Waals surface area (Å²) in [7, 11) is -8.13. The Bertz CT molecular complexity index is 2470. The first-order valence-corrected chi connectivity index (χ1v) is 27.1. The number of phenols is 1. The fourth-order valence-corrected chi connectivity index (χ4v) is 10.4. The van der Waals surface area contributed by atoms with E-state index in [-0.39, 0.29) is 132 Å². The quantitative estimate of drug-likeness (QED) is 0.0180. The summed E-state index contributed by atoms with van der Waals surface area (Å²) in [5, 5.41) is 18.5. The molecule has 0 saturated heterocycles. The van der Waals surface area contributed by atoms with Crippen LogP contribution in [0.3, 0.4) is 0 Å². The van der Waals surface area contributed by atoms with Crippen molar-refractivity contribution in [3.8, 4) is 11.5 Å². The second-order valence-electron chi connectivity index (χ2n) is 13.9. The summed E-state index contributed by atoms with van der Waals surface area (Å²) in [5.41, 5.74) is 4.15. The van der Waals surface area contributed by atoms with Gasteiger partial charge in [0.25, 0.3) is 6.47 Å². The minimum atomic E-state index is -3.92. The predicted molar refractivity (Wildman–Crippen MR) is 272 cm³/mol. The van der Waals surface area contributed by atoms with Crippen LogP contribution in [-0.4, -0.2) is 75.7 Å². The number of benzene rings is 6. The third-order valence-corrected chi connectivity index (χ3v) is 12.7. The smallest absolute Gasteiger partial charge is 1.00 e. The number of ether oxygens (including phenoxy) is 3. The molecular weight excluding hydrogens is 1060 g/mol. The van der Waals surface area contributed by atoms with E-state index in [1.807, 2.05) is 26.0 Å². The largest absolute Gasteiger partial charge is 1.00 e. The fraction of sp³-hybridized carbons (Fsp3) is 0.196. The molecule has 0 spiro atoms. The first kappa shape index (κ1) is 70.6. The van der Waals surface area contributed by atoms with E-state index < -0.39 is 20.2 Å². The zero-order valence-electron chi connectivity index (χ0n) is 42.2.